The van der Waals surface area contributed by atoms with Gasteiger partial charge in [0.2, 0.25) is 0 Å². The number of anilines is 1. The van der Waals surface area contributed by atoms with Gasteiger partial charge in [-0.25, -0.2) is 0 Å². The summed E-state index contributed by atoms with van der Waals surface area (Å²) in [5.41, 5.74) is 4.29. The van der Waals surface area contributed by atoms with Gasteiger partial charge in [0.1, 0.15) is 10.8 Å². The molecule has 0 atom stereocenters. The van der Waals surface area contributed by atoms with Crippen molar-refractivity contribution in [3.63, 3.8) is 0 Å². The minimum Gasteiger partial charge on any atom is -0.495 e. The summed E-state index contributed by atoms with van der Waals surface area (Å²) in [4.78, 5) is 10.4. The Morgan fingerprint density at radius 3 is 2.72 bits per heavy atom. The number of hydrogen-bond donors (Lipinski definition) is 2. The van der Waals surface area contributed by atoms with Crippen LogP contribution in [0.25, 0.3) is 0 Å². The molecule has 0 aliphatic rings. The van der Waals surface area contributed by atoms with E-state index in [2.05, 4.69) is 15.8 Å². The maximum absolute atomic E-state index is 10.9. The summed E-state index contributed by atoms with van der Waals surface area (Å²) in [5.74, 6) is 0.640. The molecule has 0 heterocycles. The van der Waals surface area contributed by atoms with Crippen LogP contribution in [0.3, 0.4) is 0 Å². The van der Waals surface area contributed by atoms with Gasteiger partial charge in [-0.1, -0.05) is 29.8 Å². The first-order valence-electron chi connectivity index (χ1n) is 7.11. The number of hydrogen-bond acceptors (Lipinski definition) is 5. The Hall–Kier alpha value is -2.71. The van der Waals surface area contributed by atoms with E-state index < -0.39 is 4.92 Å². The van der Waals surface area contributed by atoms with Crippen molar-refractivity contribution in [3.8, 4) is 5.75 Å². The van der Waals surface area contributed by atoms with Crippen LogP contribution >= 0.6 is 23.8 Å². The van der Waals surface area contributed by atoms with E-state index >= 15 is 0 Å². The zero-order chi connectivity index (χ0) is 18.4. The lowest BCUT2D eigenvalue weighted by Crippen LogP contribution is -2.25. The van der Waals surface area contributed by atoms with Gasteiger partial charge in [-0.15, -0.1) is 0 Å². The molecule has 2 rings (SSSR count). The van der Waals surface area contributed by atoms with E-state index in [1.54, 1.807) is 26.2 Å². The van der Waals surface area contributed by atoms with Crippen LogP contribution in [0, 0.1) is 10.1 Å². The van der Waals surface area contributed by atoms with Crippen LogP contribution in [0.5, 0.6) is 5.75 Å². The van der Waals surface area contributed by atoms with Gasteiger partial charge in [0, 0.05) is 11.6 Å². The molecule has 0 amide bonds. The molecule has 25 heavy (non-hydrogen) atoms. The van der Waals surface area contributed by atoms with Crippen LogP contribution in [0.15, 0.2) is 47.6 Å². The summed E-state index contributed by atoms with van der Waals surface area (Å²) in [5, 5.41) is 18.4. The number of nitro groups is 1. The SMILES string of the molecule is COc1ccccc1NC(=S)N/N=C(/C)c1ccc(Cl)c([N+](=O)[O-])c1. The highest BCUT2D eigenvalue weighted by molar-refractivity contribution is 7.80. The van der Waals surface area contributed by atoms with Crippen molar-refractivity contribution in [1.82, 2.24) is 5.43 Å². The molecule has 7 nitrogen and oxygen atoms in total. The van der Waals surface area contributed by atoms with Crippen molar-refractivity contribution in [2.45, 2.75) is 6.92 Å². The first kappa shape index (κ1) is 18.6. The summed E-state index contributed by atoms with van der Waals surface area (Å²) in [6, 6.07) is 11.8. The van der Waals surface area contributed by atoms with Gasteiger partial charge in [0.15, 0.2) is 5.11 Å². The molecule has 0 unspecified atom stereocenters. The monoisotopic (exact) mass is 378 g/mol. The molecule has 2 N–H and O–H groups in total. The van der Waals surface area contributed by atoms with E-state index in [1.807, 2.05) is 18.2 Å². The average Bonchev–Trinajstić information content (AvgIpc) is 2.60. The van der Waals surface area contributed by atoms with Gasteiger partial charge < -0.3 is 10.1 Å². The number of nitrogens with zero attached hydrogens (tertiary/aromatic N) is 2. The summed E-state index contributed by atoms with van der Waals surface area (Å²) in [6.07, 6.45) is 0. The lowest BCUT2D eigenvalue weighted by atomic mass is 10.1. The van der Waals surface area contributed by atoms with Gasteiger partial charge in [0.05, 0.1) is 23.4 Å². The third-order valence-electron chi connectivity index (χ3n) is 3.24. The minimum atomic E-state index is -0.541. The number of halogens is 1. The van der Waals surface area contributed by atoms with Crippen LogP contribution < -0.4 is 15.5 Å². The van der Waals surface area contributed by atoms with Gasteiger partial charge in [-0.3, -0.25) is 15.5 Å². The summed E-state index contributed by atoms with van der Waals surface area (Å²) in [7, 11) is 1.56. The zero-order valence-corrected chi connectivity index (χ0v) is 15.0. The van der Waals surface area contributed by atoms with Crippen LogP contribution in [-0.4, -0.2) is 22.9 Å². The molecule has 0 radical (unpaired) electrons. The minimum absolute atomic E-state index is 0.0721. The molecule has 0 aliphatic carbocycles. The van der Waals surface area contributed by atoms with E-state index in [0.717, 1.165) is 0 Å². The second-order valence-electron chi connectivity index (χ2n) is 4.89. The van der Waals surface area contributed by atoms with E-state index in [4.69, 9.17) is 28.6 Å². The topological polar surface area (TPSA) is 88.8 Å². The highest BCUT2D eigenvalue weighted by Crippen LogP contribution is 2.25. The molecule has 0 spiro atoms. The third kappa shape index (κ3) is 4.88. The largest absolute Gasteiger partial charge is 0.495 e. The molecular weight excluding hydrogens is 364 g/mol. The van der Waals surface area contributed by atoms with E-state index in [0.29, 0.717) is 22.7 Å². The number of thiocarbonyl (C=S) groups is 1. The molecule has 0 bridgehead atoms. The Morgan fingerprint density at radius 2 is 2.04 bits per heavy atom. The van der Waals surface area contributed by atoms with Crippen LogP contribution in [0.1, 0.15) is 12.5 Å². The summed E-state index contributed by atoms with van der Waals surface area (Å²) >= 11 is 11.0. The zero-order valence-electron chi connectivity index (χ0n) is 13.4. The van der Waals surface area contributed by atoms with Crippen molar-refractivity contribution in [2.75, 3.05) is 12.4 Å². The smallest absolute Gasteiger partial charge is 0.288 e. The number of hydrazone groups is 1. The normalized spacial score (nSPS) is 10.9. The van der Waals surface area contributed by atoms with E-state index in [-0.39, 0.29) is 15.8 Å². The fraction of sp³-hybridized carbons (Fsp3) is 0.125. The fourth-order valence-electron chi connectivity index (χ4n) is 1.97. The molecule has 0 aliphatic heterocycles. The van der Waals surface area contributed by atoms with Crippen molar-refractivity contribution in [2.24, 2.45) is 5.10 Å². The number of para-hydroxylation sites is 2. The first-order chi connectivity index (χ1) is 11.9. The van der Waals surface area contributed by atoms with Gasteiger partial charge in [0.25, 0.3) is 5.69 Å². The van der Waals surface area contributed by atoms with Crippen LogP contribution in [0.4, 0.5) is 11.4 Å². The average molecular weight is 379 g/mol. The molecule has 0 aromatic heterocycles. The molecular formula is C16H15ClN4O3S. The number of benzene rings is 2. The Kier molecular flexibility index (Phi) is 6.26. The maximum atomic E-state index is 10.9. The lowest BCUT2D eigenvalue weighted by Gasteiger charge is -2.11. The molecule has 9 heteroatoms. The van der Waals surface area contributed by atoms with Gasteiger partial charge in [-0.2, -0.15) is 5.10 Å². The second kappa shape index (κ2) is 8.41. The molecule has 2 aromatic rings. The lowest BCUT2D eigenvalue weighted by molar-refractivity contribution is -0.384. The molecule has 2 aromatic carbocycles. The summed E-state index contributed by atoms with van der Waals surface area (Å²) in [6.45, 7) is 1.70. The predicted molar refractivity (Wildman–Crippen MR) is 103 cm³/mol. The molecule has 0 fully saturated rings. The predicted octanol–water partition coefficient (Wildman–Crippen LogP) is 3.97. The Balaban J connectivity index is 2.09. The Labute approximate surface area is 154 Å². The Morgan fingerprint density at radius 1 is 1.32 bits per heavy atom. The van der Waals surface area contributed by atoms with Gasteiger partial charge >= 0.3 is 0 Å². The van der Waals surface area contributed by atoms with Crippen molar-refractivity contribution in [1.29, 1.82) is 0 Å². The highest BCUT2D eigenvalue weighted by Gasteiger charge is 2.13. The standard InChI is InChI=1S/C16H15ClN4O3S/c1-10(11-7-8-12(17)14(9-11)21(22)23)19-20-16(25)18-13-5-3-4-6-15(13)24-2/h3-9H,1-2H3,(H2,18,20,25)/b19-10-. The number of nitrogens with one attached hydrogen (secondary N) is 2. The highest BCUT2D eigenvalue weighted by atomic mass is 35.5. The van der Waals surface area contributed by atoms with Gasteiger partial charge in [-0.05, 0) is 37.3 Å². The second-order valence-corrected chi connectivity index (χ2v) is 5.70. The van der Waals surface area contributed by atoms with Crippen molar-refractivity contribution < 1.29 is 9.66 Å². The molecule has 130 valence electrons. The molecule has 0 saturated carbocycles. The van der Waals surface area contributed by atoms with Crippen molar-refractivity contribution >= 4 is 46.0 Å². The number of methoxy groups -OCH3 is 1. The third-order valence-corrected chi connectivity index (χ3v) is 3.75. The Bertz CT molecular complexity index is 842. The van der Waals surface area contributed by atoms with E-state index in [1.165, 1.54) is 12.1 Å². The summed E-state index contributed by atoms with van der Waals surface area (Å²) < 4.78 is 5.23. The number of rotatable bonds is 5. The van der Waals surface area contributed by atoms with Crippen LogP contribution in [-0.2, 0) is 0 Å². The van der Waals surface area contributed by atoms with Crippen molar-refractivity contribution in [3.05, 3.63) is 63.2 Å². The maximum Gasteiger partial charge on any atom is 0.288 e. The van der Waals surface area contributed by atoms with Crippen LogP contribution in [0.2, 0.25) is 5.02 Å². The first-order valence-corrected chi connectivity index (χ1v) is 7.89. The van der Waals surface area contributed by atoms with E-state index in [9.17, 15) is 10.1 Å². The quantitative estimate of drug-likeness (QED) is 0.354. The molecule has 0 saturated heterocycles. The fourth-order valence-corrected chi connectivity index (χ4v) is 2.32. The number of nitro benzene ring substituents is 1. The number of ether oxygens (including phenoxy) is 1.